The van der Waals surface area contributed by atoms with Gasteiger partial charge in [0.1, 0.15) is 5.69 Å². The Bertz CT molecular complexity index is 399. The van der Waals surface area contributed by atoms with Gasteiger partial charge in [-0.3, -0.25) is 0 Å². The smallest absolute Gasteiger partial charge is 0.237 e. The van der Waals surface area contributed by atoms with E-state index in [1.807, 2.05) is 18.3 Å². The molecule has 0 saturated heterocycles. The van der Waals surface area contributed by atoms with Crippen molar-refractivity contribution in [1.29, 1.82) is 5.26 Å². The second-order valence-electron chi connectivity index (χ2n) is 2.42. The number of benzene rings is 1. The maximum absolute atomic E-state index is 11.2. The molecular weight excluding hydrogens is 186 g/mol. The first-order valence-corrected chi connectivity index (χ1v) is 4.64. The van der Waals surface area contributed by atoms with Gasteiger partial charge in [0.25, 0.3) is 0 Å². The zero-order chi connectivity index (χ0) is 9.26. The van der Waals surface area contributed by atoms with Crippen molar-refractivity contribution in [2.75, 3.05) is 4.31 Å². The quantitative estimate of drug-likeness (QED) is 0.453. The average molecular weight is 191 g/mol. The molecule has 1 aromatic rings. The van der Waals surface area contributed by atoms with Gasteiger partial charge >= 0.3 is 0 Å². The van der Waals surface area contributed by atoms with E-state index in [1.165, 1.54) is 6.21 Å². The van der Waals surface area contributed by atoms with Crippen LogP contribution in [0, 0.1) is 11.5 Å². The number of nitriles is 1. The van der Waals surface area contributed by atoms with E-state index in [-0.39, 0.29) is 0 Å². The molecule has 0 spiro atoms. The number of hydrogen-bond donors (Lipinski definition) is 0. The van der Waals surface area contributed by atoms with Crippen molar-refractivity contribution >= 4 is 23.4 Å². The third kappa shape index (κ3) is 1.26. The zero-order valence-electron chi connectivity index (χ0n) is 6.54. The molecule has 0 aromatic heterocycles. The van der Waals surface area contributed by atoms with Gasteiger partial charge in [-0.2, -0.15) is 5.26 Å². The normalized spacial score (nSPS) is 19.4. The molecule has 1 aliphatic rings. The molecule has 0 radical (unpaired) electrons. The minimum absolute atomic E-state index is 0.637. The van der Waals surface area contributed by atoms with E-state index in [9.17, 15) is 4.55 Å². The van der Waals surface area contributed by atoms with Crippen LogP contribution in [0.5, 0.6) is 0 Å². The van der Waals surface area contributed by atoms with E-state index in [1.54, 1.807) is 12.1 Å². The second-order valence-corrected chi connectivity index (χ2v) is 3.46. The number of para-hydroxylation sites is 1. The summed E-state index contributed by atoms with van der Waals surface area (Å²) in [7, 11) is 0. The molecule has 1 unspecified atom stereocenters. The van der Waals surface area contributed by atoms with Crippen LogP contribution in [0.15, 0.2) is 28.7 Å². The minimum atomic E-state index is -1.60. The molecule has 2 rings (SSSR count). The van der Waals surface area contributed by atoms with E-state index in [0.717, 1.165) is 9.87 Å². The zero-order valence-corrected chi connectivity index (χ0v) is 7.36. The summed E-state index contributed by atoms with van der Waals surface area (Å²) in [5, 5.41) is 8.72. The lowest BCUT2D eigenvalue weighted by atomic mass is 10.2. The van der Waals surface area contributed by atoms with Crippen LogP contribution in [0.1, 0.15) is 5.56 Å². The Labute approximate surface area is 78.6 Å². The van der Waals surface area contributed by atoms with Gasteiger partial charge in [-0.25, -0.2) is 0 Å². The van der Waals surface area contributed by atoms with Crippen LogP contribution in [0.3, 0.4) is 0 Å². The second kappa shape index (κ2) is 3.09. The van der Waals surface area contributed by atoms with Crippen molar-refractivity contribution in [3.8, 4) is 6.19 Å². The fourth-order valence-corrected chi connectivity index (χ4v) is 1.81. The molecule has 1 aromatic carbocycles. The molecule has 0 saturated carbocycles. The number of nitrogens with zero attached hydrogens (tertiary/aromatic N) is 3. The van der Waals surface area contributed by atoms with Gasteiger partial charge in [-0.15, -0.1) is 0 Å². The Hall–Kier alpha value is -1.51. The van der Waals surface area contributed by atoms with Gasteiger partial charge in [0.15, 0.2) is 0 Å². The standard InChI is InChI=1S/C8H5N3OS/c9-6-11-8-4-2-1-3-7(8)5-10-13(11)12/h1-5H. The summed E-state index contributed by atoms with van der Waals surface area (Å²) in [6.45, 7) is 0. The minimum Gasteiger partial charge on any atom is -0.566 e. The molecule has 1 aliphatic heterocycles. The summed E-state index contributed by atoms with van der Waals surface area (Å²) >= 11 is -1.60. The van der Waals surface area contributed by atoms with Crippen molar-refractivity contribution < 1.29 is 4.55 Å². The highest BCUT2D eigenvalue weighted by atomic mass is 32.2. The lowest BCUT2D eigenvalue weighted by Crippen LogP contribution is -2.27. The first-order valence-electron chi connectivity index (χ1n) is 3.58. The maximum atomic E-state index is 11.2. The van der Waals surface area contributed by atoms with Crippen LogP contribution >= 0.6 is 0 Å². The Kier molecular flexibility index (Phi) is 1.93. The van der Waals surface area contributed by atoms with Gasteiger partial charge in [0.2, 0.25) is 17.7 Å². The maximum Gasteiger partial charge on any atom is 0.237 e. The number of rotatable bonds is 0. The first kappa shape index (κ1) is 8.10. The summed E-state index contributed by atoms with van der Waals surface area (Å²) < 4.78 is 16.0. The number of anilines is 1. The lowest BCUT2D eigenvalue weighted by Gasteiger charge is -2.17. The van der Waals surface area contributed by atoms with Gasteiger partial charge < -0.3 is 4.55 Å². The molecule has 0 aliphatic carbocycles. The van der Waals surface area contributed by atoms with Crippen molar-refractivity contribution in [2.45, 2.75) is 0 Å². The van der Waals surface area contributed by atoms with Crippen molar-refractivity contribution in [3.05, 3.63) is 29.8 Å². The van der Waals surface area contributed by atoms with Crippen molar-refractivity contribution in [1.82, 2.24) is 0 Å². The van der Waals surface area contributed by atoms with E-state index in [2.05, 4.69) is 4.40 Å². The third-order valence-corrected chi connectivity index (χ3v) is 2.56. The Balaban J connectivity index is 2.55. The van der Waals surface area contributed by atoms with E-state index in [4.69, 9.17) is 5.26 Å². The number of fused-ring (bicyclic) bond motifs is 1. The predicted molar refractivity (Wildman–Crippen MR) is 50.3 cm³/mol. The Morgan fingerprint density at radius 1 is 1.46 bits per heavy atom. The van der Waals surface area contributed by atoms with Gasteiger partial charge in [-0.05, 0) is 10.5 Å². The summed E-state index contributed by atoms with van der Waals surface area (Å²) in [6.07, 6.45) is 3.34. The van der Waals surface area contributed by atoms with Crippen molar-refractivity contribution in [3.63, 3.8) is 0 Å². The Morgan fingerprint density at radius 2 is 2.23 bits per heavy atom. The average Bonchev–Trinajstić information content (AvgIpc) is 2.18. The highest BCUT2D eigenvalue weighted by Crippen LogP contribution is 2.25. The summed E-state index contributed by atoms with van der Waals surface area (Å²) in [5.41, 5.74) is 1.45. The fourth-order valence-electron chi connectivity index (χ4n) is 1.10. The molecule has 0 fully saturated rings. The summed E-state index contributed by atoms with van der Waals surface area (Å²) in [4.78, 5) is 0. The van der Waals surface area contributed by atoms with Gasteiger partial charge in [0, 0.05) is 5.56 Å². The number of hydrogen-bond acceptors (Lipinski definition) is 4. The monoisotopic (exact) mass is 191 g/mol. The molecule has 5 heteroatoms. The van der Waals surface area contributed by atoms with Crippen molar-refractivity contribution in [2.24, 2.45) is 4.40 Å². The molecule has 1 atom stereocenters. The van der Waals surface area contributed by atoms with Gasteiger partial charge in [-0.1, -0.05) is 22.5 Å². The fraction of sp³-hybridized carbons (Fsp3) is 0. The largest absolute Gasteiger partial charge is 0.566 e. The topological polar surface area (TPSA) is 62.5 Å². The van der Waals surface area contributed by atoms with E-state index >= 15 is 0 Å². The highest BCUT2D eigenvalue weighted by Gasteiger charge is 2.26. The highest BCUT2D eigenvalue weighted by molar-refractivity contribution is 7.92. The molecule has 0 N–H and O–H groups in total. The molecule has 64 valence electrons. The molecule has 1 heterocycles. The molecule has 4 nitrogen and oxygen atoms in total. The van der Waals surface area contributed by atoms with Gasteiger partial charge in [0.05, 0.1) is 6.21 Å². The third-order valence-electron chi connectivity index (χ3n) is 1.68. The molecular formula is C8H5N3OS. The van der Waals surface area contributed by atoms with Crippen LogP contribution in [0.4, 0.5) is 5.69 Å². The van der Waals surface area contributed by atoms with Crippen LogP contribution < -0.4 is 4.31 Å². The summed E-state index contributed by atoms with van der Waals surface area (Å²) in [5.74, 6) is 0. The SMILES string of the molecule is N#CN1c2ccccc2C=N[S+]1[O-]. The first-order chi connectivity index (χ1) is 6.33. The van der Waals surface area contributed by atoms with Crippen LogP contribution in [-0.2, 0) is 11.5 Å². The lowest BCUT2D eigenvalue weighted by molar-refractivity contribution is 0.597. The Morgan fingerprint density at radius 3 is 3.00 bits per heavy atom. The summed E-state index contributed by atoms with van der Waals surface area (Å²) in [6, 6.07) is 7.19. The molecule has 0 bridgehead atoms. The van der Waals surface area contributed by atoms with Crippen LogP contribution in [-0.4, -0.2) is 10.8 Å². The predicted octanol–water partition coefficient (Wildman–Crippen LogP) is 0.985. The molecule has 13 heavy (non-hydrogen) atoms. The van der Waals surface area contributed by atoms with Crippen LogP contribution in [0.25, 0.3) is 0 Å². The van der Waals surface area contributed by atoms with Crippen LogP contribution in [0.2, 0.25) is 0 Å². The van der Waals surface area contributed by atoms with E-state index < -0.39 is 11.5 Å². The van der Waals surface area contributed by atoms with E-state index in [0.29, 0.717) is 5.69 Å². The molecule has 0 amide bonds.